The largest absolute Gasteiger partial charge is 0.467 e. The Balaban J connectivity index is 1.66. The van der Waals surface area contributed by atoms with Crippen molar-refractivity contribution in [1.29, 1.82) is 0 Å². The number of carbonyl (C=O) groups is 2. The number of aryl methyl sites for hydroxylation is 1. The first-order valence-corrected chi connectivity index (χ1v) is 13.4. The lowest BCUT2D eigenvalue weighted by atomic mass is 10.0. The fourth-order valence-electron chi connectivity index (χ4n) is 3.92. The molecular formula is C26H28N6O5S. The van der Waals surface area contributed by atoms with Gasteiger partial charge in [0.25, 0.3) is 26.9 Å². The van der Waals surface area contributed by atoms with Crippen molar-refractivity contribution in [2.75, 3.05) is 11.8 Å². The molecule has 2 heterocycles. The number of esters is 1. The Hall–Kier alpha value is -4.32. The standard InChI is InChI=1S/C26H28N6O5S/c1-16(2)14-21(24(34)37-4)28-23(33)19-12-8-9-13-20(19)31-38(35,36)26-29-25-27-17(3)15-22(32(25)30-26)18-10-6-5-7-11-18/h5-13,15-16,21,31H,14H2,1-4H3,(H,28,33). The van der Waals surface area contributed by atoms with E-state index < -0.39 is 33.1 Å². The Bertz CT molecular complexity index is 1580. The Labute approximate surface area is 220 Å². The second-order valence-electron chi connectivity index (χ2n) is 9.08. The summed E-state index contributed by atoms with van der Waals surface area (Å²) in [5.41, 5.74) is 2.11. The van der Waals surface area contributed by atoms with E-state index in [1.54, 1.807) is 25.1 Å². The molecule has 2 aromatic carbocycles. The number of aromatic nitrogens is 4. The number of ether oxygens (including phenoxy) is 1. The van der Waals surface area contributed by atoms with E-state index in [4.69, 9.17) is 4.74 Å². The van der Waals surface area contributed by atoms with Crippen LogP contribution in [0.3, 0.4) is 0 Å². The molecule has 0 spiro atoms. The number of carbonyl (C=O) groups excluding carboxylic acids is 2. The van der Waals surface area contributed by atoms with Crippen molar-refractivity contribution < 1.29 is 22.7 Å². The van der Waals surface area contributed by atoms with E-state index >= 15 is 0 Å². The van der Waals surface area contributed by atoms with Crippen LogP contribution in [0.1, 0.15) is 36.3 Å². The van der Waals surface area contributed by atoms with Gasteiger partial charge in [0.15, 0.2) is 0 Å². The molecule has 0 radical (unpaired) electrons. The minimum Gasteiger partial charge on any atom is -0.467 e. The number of nitrogens with one attached hydrogen (secondary N) is 2. The summed E-state index contributed by atoms with van der Waals surface area (Å²) < 4.78 is 35.2. The fourth-order valence-corrected chi connectivity index (χ4v) is 4.87. The number of fused-ring (bicyclic) bond motifs is 1. The van der Waals surface area contributed by atoms with Crippen LogP contribution < -0.4 is 10.0 Å². The highest BCUT2D eigenvalue weighted by Crippen LogP contribution is 2.23. The molecule has 0 bridgehead atoms. The van der Waals surface area contributed by atoms with Gasteiger partial charge in [0, 0.05) is 11.3 Å². The smallest absolute Gasteiger partial charge is 0.328 e. The van der Waals surface area contributed by atoms with Crippen LogP contribution in [0.15, 0.2) is 65.8 Å². The predicted octanol–water partition coefficient (Wildman–Crippen LogP) is 3.22. The van der Waals surface area contributed by atoms with E-state index in [1.165, 1.54) is 23.8 Å². The number of rotatable bonds is 9. The fraction of sp³-hybridized carbons (Fsp3) is 0.269. The number of sulfonamides is 1. The van der Waals surface area contributed by atoms with Crippen molar-refractivity contribution in [1.82, 2.24) is 24.9 Å². The highest BCUT2D eigenvalue weighted by Gasteiger charge is 2.27. The second-order valence-corrected chi connectivity index (χ2v) is 10.7. The van der Waals surface area contributed by atoms with Gasteiger partial charge in [-0.15, -0.1) is 5.10 Å². The summed E-state index contributed by atoms with van der Waals surface area (Å²) in [6.45, 7) is 5.60. The second kappa shape index (κ2) is 11.0. The summed E-state index contributed by atoms with van der Waals surface area (Å²) in [4.78, 5) is 33.7. The van der Waals surface area contributed by atoms with Crippen molar-refractivity contribution in [2.24, 2.45) is 5.92 Å². The molecule has 12 heteroatoms. The molecule has 0 aliphatic carbocycles. The lowest BCUT2D eigenvalue weighted by molar-refractivity contribution is -0.143. The first-order chi connectivity index (χ1) is 18.1. The molecule has 1 atom stereocenters. The molecule has 4 rings (SSSR count). The van der Waals surface area contributed by atoms with Gasteiger partial charge in [0.05, 0.1) is 24.1 Å². The Morgan fingerprint density at radius 3 is 2.39 bits per heavy atom. The van der Waals surface area contributed by atoms with Gasteiger partial charge < -0.3 is 10.1 Å². The van der Waals surface area contributed by atoms with E-state index in [0.717, 1.165) is 5.56 Å². The van der Waals surface area contributed by atoms with Crippen LogP contribution in [-0.2, 0) is 19.6 Å². The lowest BCUT2D eigenvalue weighted by Gasteiger charge is -2.19. The van der Waals surface area contributed by atoms with Crippen LogP contribution in [0, 0.1) is 12.8 Å². The minimum atomic E-state index is -4.32. The Morgan fingerprint density at radius 1 is 1.03 bits per heavy atom. The molecular weight excluding hydrogens is 508 g/mol. The van der Waals surface area contributed by atoms with Crippen LogP contribution in [-0.4, -0.2) is 53.0 Å². The maximum atomic E-state index is 13.3. The Kier molecular flexibility index (Phi) is 7.72. The van der Waals surface area contributed by atoms with Crippen molar-refractivity contribution in [3.8, 4) is 11.3 Å². The van der Waals surface area contributed by atoms with Gasteiger partial charge in [-0.2, -0.15) is 17.9 Å². The summed E-state index contributed by atoms with van der Waals surface area (Å²) >= 11 is 0. The molecule has 2 aromatic heterocycles. The van der Waals surface area contributed by atoms with Gasteiger partial charge in [-0.3, -0.25) is 9.52 Å². The molecule has 1 unspecified atom stereocenters. The average molecular weight is 537 g/mol. The maximum Gasteiger partial charge on any atom is 0.328 e. The first kappa shape index (κ1) is 26.7. The van der Waals surface area contributed by atoms with Crippen molar-refractivity contribution in [3.63, 3.8) is 0 Å². The van der Waals surface area contributed by atoms with Gasteiger partial charge in [-0.05, 0) is 37.5 Å². The minimum absolute atomic E-state index is 0.00411. The highest BCUT2D eigenvalue weighted by atomic mass is 32.2. The number of hydrogen-bond acceptors (Lipinski definition) is 8. The predicted molar refractivity (Wildman–Crippen MR) is 141 cm³/mol. The van der Waals surface area contributed by atoms with E-state index in [-0.39, 0.29) is 22.9 Å². The number of para-hydroxylation sites is 1. The van der Waals surface area contributed by atoms with Crippen LogP contribution in [0.25, 0.3) is 17.0 Å². The van der Waals surface area contributed by atoms with Gasteiger partial charge in [0.1, 0.15) is 6.04 Å². The lowest BCUT2D eigenvalue weighted by Crippen LogP contribution is -2.42. The zero-order chi connectivity index (χ0) is 27.4. The first-order valence-electron chi connectivity index (χ1n) is 11.9. The summed E-state index contributed by atoms with van der Waals surface area (Å²) in [6, 6.07) is 16.3. The molecule has 2 N–H and O–H groups in total. The molecule has 0 saturated heterocycles. The molecule has 0 fully saturated rings. The summed E-state index contributed by atoms with van der Waals surface area (Å²) in [5.74, 6) is -1.00. The molecule has 0 aliphatic heterocycles. The number of anilines is 1. The average Bonchev–Trinajstić information content (AvgIpc) is 3.32. The summed E-state index contributed by atoms with van der Waals surface area (Å²) in [6.07, 6.45) is 0.355. The number of nitrogens with zero attached hydrogens (tertiary/aromatic N) is 4. The topological polar surface area (TPSA) is 145 Å². The Morgan fingerprint density at radius 2 is 1.71 bits per heavy atom. The molecule has 38 heavy (non-hydrogen) atoms. The summed E-state index contributed by atoms with van der Waals surface area (Å²) in [7, 11) is -3.07. The molecule has 11 nitrogen and oxygen atoms in total. The van der Waals surface area contributed by atoms with Crippen molar-refractivity contribution >= 4 is 33.4 Å². The maximum absolute atomic E-state index is 13.3. The van der Waals surface area contributed by atoms with Gasteiger partial charge in [0.2, 0.25) is 0 Å². The van der Waals surface area contributed by atoms with Crippen LogP contribution >= 0.6 is 0 Å². The van der Waals surface area contributed by atoms with Gasteiger partial charge in [-0.1, -0.05) is 56.3 Å². The van der Waals surface area contributed by atoms with Crippen LogP contribution in [0.5, 0.6) is 0 Å². The SMILES string of the molecule is COC(=O)C(CC(C)C)NC(=O)c1ccccc1NS(=O)(=O)c1nc2nc(C)cc(-c3ccccc3)n2n1. The third-order valence-corrected chi connectivity index (χ3v) is 6.79. The molecule has 198 valence electrons. The normalized spacial score (nSPS) is 12.3. The zero-order valence-electron chi connectivity index (χ0n) is 21.4. The van der Waals surface area contributed by atoms with E-state index in [0.29, 0.717) is 17.8 Å². The summed E-state index contributed by atoms with van der Waals surface area (Å²) in [5, 5.41) is 6.36. The number of benzene rings is 2. The van der Waals surface area contributed by atoms with E-state index in [1.807, 2.05) is 44.2 Å². The number of methoxy groups -OCH3 is 1. The van der Waals surface area contributed by atoms with Crippen LogP contribution in [0.2, 0.25) is 0 Å². The monoisotopic (exact) mass is 536 g/mol. The zero-order valence-corrected chi connectivity index (χ0v) is 22.2. The molecule has 1 amide bonds. The van der Waals surface area contributed by atoms with Crippen LogP contribution in [0.4, 0.5) is 5.69 Å². The third kappa shape index (κ3) is 5.80. The molecule has 4 aromatic rings. The molecule has 0 aliphatic rings. The number of amides is 1. The highest BCUT2D eigenvalue weighted by molar-refractivity contribution is 7.92. The quantitative estimate of drug-likeness (QED) is 0.310. The number of hydrogen-bond donors (Lipinski definition) is 2. The van der Waals surface area contributed by atoms with Gasteiger partial charge >= 0.3 is 5.97 Å². The van der Waals surface area contributed by atoms with Crippen molar-refractivity contribution in [3.05, 3.63) is 71.9 Å². The van der Waals surface area contributed by atoms with Gasteiger partial charge in [-0.25, -0.2) is 9.78 Å². The molecule has 0 saturated carbocycles. The van der Waals surface area contributed by atoms with E-state index in [2.05, 4.69) is 25.1 Å². The van der Waals surface area contributed by atoms with E-state index in [9.17, 15) is 18.0 Å². The third-order valence-electron chi connectivity index (χ3n) is 5.64. The van der Waals surface area contributed by atoms with Crippen molar-refractivity contribution in [2.45, 2.75) is 38.4 Å².